The van der Waals surface area contributed by atoms with E-state index >= 15 is 0 Å². The molecule has 0 aliphatic carbocycles. The third-order valence-electron chi connectivity index (χ3n) is 3.08. The first-order valence-electron chi connectivity index (χ1n) is 6.55. The average Bonchev–Trinajstić information content (AvgIpc) is 2.50. The van der Waals surface area contributed by atoms with Crippen LogP contribution in [0.5, 0.6) is 0 Å². The van der Waals surface area contributed by atoms with Crippen molar-refractivity contribution in [1.82, 2.24) is 4.31 Å². The summed E-state index contributed by atoms with van der Waals surface area (Å²) in [6.45, 7) is -0.102. The number of nitrogens with zero attached hydrogens (tertiary/aromatic N) is 1. The molecule has 1 N–H and O–H groups in total. The van der Waals surface area contributed by atoms with Gasteiger partial charge >= 0.3 is 0 Å². The molecule has 118 valence electrons. The van der Waals surface area contributed by atoms with Crippen LogP contribution in [-0.2, 0) is 16.6 Å². The van der Waals surface area contributed by atoms with Gasteiger partial charge in [0.2, 0.25) is 10.0 Å². The normalized spacial score (nSPS) is 11.8. The standard InChI is InChI=1S/C15H15Cl2NO3S/c16-14-7-6-13(10-15(14)17)22(20,21)18(8-9-19)11-12-4-2-1-3-5-12/h1-7,10,19H,8-9,11H2. The molecule has 0 aliphatic rings. The fourth-order valence-electron chi connectivity index (χ4n) is 1.97. The zero-order chi connectivity index (χ0) is 16.2. The van der Waals surface area contributed by atoms with Gasteiger partial charge in [0.1, 0.15) is 0 Å². The predicted molar refractivity (Wildman–Crippen MR) is 87.6 cm³/mol. The van der Waals surface area contributed by atoms with Crippen LogP contribution in [0.4, 0.5) is 0 Å². The van der Waals surface area contributed by atoms with Crippen LogP contribution in [0.3, 0.4) is 0 Å². The molecule has 22 heavy (non-hydrogen) atoms. The molecule has 0 radical (unpaired) electrons. The highest BCUT2D eigenvalue weighted by Gasteiger charge is 2.24. The zero-order valence-corrected chi connectivity index (χ0v) is 13.9. The minimum absolute atomic E-state index is 0.00251. The predicted octanol–water partition coefficient (Wildman–Crippen LogP) is 3.18. The lowest BCUT2D eigenvalue weighted by atomic mass is 10.2. The number of halogens is 2. The van der Waals surface area contributed by atoms with Crippen LogP contribution in [0.15, 0.2) is 53.4 Å². The summed E-state index contributed by atoms with van der Waals surface area (Å²) in [7, 11) is -3.77. The number of aliphatic hydroxyl groups excluding tert-OH is 1. The van der Waals surface area contributed by atoms with Crippen molar-refractivity contribution in [2.24, 2.45) is 0 Å². The third-order valence-corrected chi connectivity index (χ3v) is 5.66. The molecule has 4 nitrogen and oxygen atoms in total. The van der Waals surface area contributed by atoms with Crippen molar-refractivity contribution in [2.45, 2.75) is 11.4 Å². The Bertz CT molecular complexity index is 736. The van der Waals surface area contributed by atoms with Gasteiger partial charge in [-0.1, -0.05) is 53.5 Å². The summed E-state index contributed by atoms with van der Waals surface area (Å²) in [5.41, 5.74) is 0.833. The molecule has 0 unspecified atom stereocenters. The van der Waals surface area contributed by atoms with Gasteiger partial charge in [0.05, 0.1) is 21.5 Å². The number of hydrogen-bond acceptors (Lipinski definition) is 3. The van der Waals surface area contributed by atoms with Crippen molar-refractivity contribution >= 4 is 33.2 Å². The van der Waals surface area contributed by atoms with Crippen LogP contribution in [0, 0.1) is 0 Å². The smallest absolute Gasteiger partial charge is 0.243 e. The third kappa shape index (κ3) is 4.00. The Morgan fingerprint density at radius 2 is 1.68 bits per heavy atom. The Balaban J connectivity index is 2.35. The minimum atomic E-state index is -3.77. The molecule has 0 saturated heterocycles. The first-order valence-corrected chi connectivity index (χ1v) is 8.74. The maximum Gasteiger partial charge on any atom is 0.243 e. The highest BCUT2D eigenvalue weighted by molar-refractivity contribution is 7.89. The van der Waals surface area contributed by atoms with E-state index in [0.717, 1.165) is 5.56 Å². The number of hydrogen-bond donors (Lipinski definition) is 1. The first-order chi connectivity index (χ1) is 10.4. The van der Waals surface area contributed by atoms with Crippen molar-refractivity contribution in [3.05, 3.63) is 64.1 Å². The monoisotopic (exact) mass is 359 g/mol. The van der Waals surface area contributed by atoms with Gasteiger partial charge in [0.25, 0.3) is 0 Å². The molecule has 0 bridgehead atoms. The zero-order valence-electron chi connectivity index (χ0n) is 11.6. The highest BCUT2D eigenvalue weighted by Crippen LogP contribution is 2.27. The van der Waals surface area contributed by atoms with Gasteiger partial charge in [-0.2, -0.15) is 4.31 Å². The molecule has 7 heteroatoms. The van der Waals surface area contributed by atoms with Crippen molar-refractivity contribution in [1.29, 1.82) is 0 Å². The lowest BCUT2D eigenvalue weighted by Crippen LogP contribution is -2.33. The van der Waals surface area contributed by atoms with Gasteiger partial charge in [0, 0.05) is 13.1 Å². The van der Waals surface area contributed by atoms with Gasteiger partial charge in [-0.15, -0.1) is 0 Å². The van der Waals surface area contributed by atoms with E-state index in [1.807, 2.05) is 30.3 Å². The van der Waals surface area contributed by atoms with Crippen molar-refractivity contribution in [3.63, 3.8) is 0 Å². The van der Waals surface area contributed by atoms with E-state index in [4.69, 9.17) is 23.2 Å². The Morgan fingerprint density at radius 3 is 2.27 bits per heavy atom. The fraction of sp³-hybridized carbons (Fsp3) is 0.200. The molecule has 2 aromatic rings. The molecule has 0 heterocycles. The molecule has 2 aromatic carbocycles. The van der Waals surface area contributed by atoms with Gasteiger partial charge in [-0.05, 0) is 23.8 Å². The van der Waals surface area contributed by atoms with E-state index in [2.05, 4.69) is 0 Å². The Kier molecular flexibility index (Phi) is 5.83. The van der Waals surface area contributed by atoms with E-state index in [-0.39, 0.29) is 34.6 Å². The summed E-state index contributed by atoms with van der Waals surface area (Å²) in [5, 5.41) is 9.63. The average molecular weight is 360 g/mol. The van der Waals surface area contributed by atoms with Crippen molar-refractivity contribution in [2.75, 3.05) is 13.2 Å². The summed E-state index contributed by atoms with van der Waals surface area (Å²) >= 11 is 11.7. The topological polar surface area (TPSA) is 57.6 Å². The Hall–Kier alpha value is -1.11. The molecule has 0 aliphatic heterocycles. The van der Waals surface area contributed by atoms with E-state index < -0.39 is 10.0 Å². The first kappa shape index (κ1) is 17.2. The maximum absolute atomic E-state index is 12.7. The molecule has 0 spiro atoms. The number of rotatable bonds is 6. The molecule has 0 saturated carbocycles. The van der Waals surface area contributed by atoms with E-state index in [9.17, 15) is 13.5 Å². The SMILES string of the molecule is O=S(=O)(c1ccc(Cl)c(Cl)c1)N(CCO)Cc1ccccc1. The lowest BCUT2D eigenvalue weighted by molar-refractivity contribution is 0.251. The number of aliphatic hydroxyl groups is 1. The molecule has 0 fully saturated rings. The minimum Gasteiger partial charge on any atom is -0.395 e. The van der Waals surface area contributed by atoms with Gasteiger partial charge in [-0.3, -0.25) is 0 Å². The largest absolute Gasteiger partial charge is 0.395 e. The summed E-state index contributed by atoms with van der Waals surface area (Å²) < 4.78 is 26.6. The lowest BCUT2D eigenvalue weighted by Gasteiger charge is -2.21. The van der Waals surface area contributed by atoms with Gasteiger partial charge in [-0.25, -0.2) is 8.42 Å². The molecule has 0 atom stereocenters. The number of benzene rings is 2. The number of sulfonamides is 1. The van der Waals surface area contributed by atoms with Gasteiger partial charge < -0.3 is 5.11 Å². The molecule has 0 aromatic heterocycles. The molecule has 2 rings (SSSR count). The van der Waals surface area contributed by atoms with Crippen LogP contribution in [0.1, 0.15) is 5.56 Å². The Morgan fingerprint density at radius 1 is 1.00 bits per heavy atom. The second-order valence-corrected chi connectivity index (χ2v) is 7.38. The second-order valence-electron chi connectivity index (χ2n) is 4.62. The van der Waals surface area contributed by atoms with Crippen LogP contribution in [-0.4, -0.2) is 31.0 Å². The summed E-state index contributed by atoms with van der Waals surface area (Å²) in [6.07, 6.45) is 0. The van der Waals surface area contributed by atoms with E-state index in [0.29, 0.717) is 0 Å². The summed E-state index contributed by atoms with van der Waals surface area (Å²) in [6, 6.07) is 13.3. The van der Waals surface area contributed by atoms with Gasteiger partial charge in [0.15, 0.2) is 0 Å². The fourth-order valence-corrected chi connectivity index (χ4v) is 3.78. The molecular formula is C15H15Cl2NO3S. The Labute approximate surface area is 140 Å². The summed E-state index contributed by atoms with van der Waals surface area (Å²) in [4.78, 5) is 0.0475. The maximum atomic E-state index is 12.7. The van der Waals surface area contributed by atoms with Crippen molar-refractivity contribution in [3.8, 4) is 0 Å². The van der Waals surface area contributed by atoms with E-state index in [1.54, 1.807) is 0 Å². The highest BCUT2D eigenvalue weighted by atomic mass is 35.5. The quantitative estimate of drug-likeness (QED) is 0.861. The van der Waals surface area contributed by atoms with Crippen molar-refractivity contribution < 1.29 is 13.5 Å². The summed E-state index contributed by atoms with van der Waals surface area (Å²) in [5.74, 6) is 0. The van der Waals surface area contributed by atoms with Crippen LogP contribution < -0.4 is 0 Å². The second kappa shape index (κ2) is 7.44. The molecular weight excluding hydrogens is 345 g/mol. The van der Waals surface area contributed by atoms with Crippen LogP contribution in [0.2, 0.25) is 10.0 Å². The van der Waals surface area contributed by atoms with Crippen LogP contribution >= 0.6 is 23.2 Å². The molecule has 0 amide bonds. The van der Waals surface area contributed by atoms with E-state index in [1.165, 1.54) is 22.5 Å². The van der Waals surface area contributed by atoms with Crippen LogP contribution in [0.25, 0.3) is 0 Å².